The monoisotopic (exact) mass is 294 g/mol. The minimum absolute atomic E-state index is 0.138. The summed E-state index contributed by atoms with van der Waals surface area (Å²) < 4.78 is 0. The van der Waals surface area contributed by atoms with Gasteiger partial charge in [-0.2, -0.15) is 0 Å². The molecule has 1 aromatic heterocycles. The van der Waals surface area contributed by atoms with Crippen molar-refractivity contribution in [3.63, 3.8) is 0 Å². The molecule has 0 saturated carbocycles. The minimum atomic E-state index is 0.138. The maximum atomic E-state index is 6.22. The average molecular weight is 295 g/mol. The predicted octanol–water partition coefficient (Wildman–Crippen LogP) is 4.20. The number of hydrogen-bond acceptors (Lipinski definition) is 2. The predicted molar refractivity (Wildman–Crippen MR) is 80.9 cm³/mol. The summed E-state index contributed by atoms with van der Waals surface area (Å²) in [4.78, 5) is 4.42. The normalized spacial score (nSPS) is 12.4. The molecule has 0 saturated heterocycles. The number of likely N-dealkylation sites (N-methyl/N-ethyl adjacent to an activating group) is 1. The number of benzene rings is 1. The Kier molecular flexibility index (Phi) is 4.81. The maximum Gasteiger partial charge on any atom is 0.0579 e. The van der Waals surface area contributed by atoms with Crippen molar-refractivity contribution in [3.05, 3.63) is 63.4 Å². The van der Waals surface area contributed by atoms with Crippen molar-refractivity contribution in [2.24, 2.45) is 0 Å². The summed E-state index contributed by atoms with van der Waals surface area (Å²) in [6, 6.07) is 9.81. The standard InChI is InChI=1S/C15H16Cl2N2/c1-10-5-6-19-15(7-10)14(18-2)8-11-3-4-12(16)9-13(11)17/h3-7,9,14,18H,8H2,1-2H3. The van der Waals surface area contributed by atoms with Gasteiger partial charge in [0, 0.05) is 16.2 Å². The number of nitrogens with zero attached hydrogens (tertiary/aromatic N) is 1. The van der Waals surface area contributed by atoms with E-state index in [0.29, 0.717) is 10.0 Å². The highest BCUT2D eigenvalue weighted by atomic mass is 35.5. The second-order valence-electron chi connectivity index (χ2n) is 4.54. The largest absolute Gasteiger partial charge is 0.311 e. The maximum absolute atomic E-state index is 6.22. The van der Waals surface area contributed by atoms with E-state index in [9.17, 15) is 0 Å². The van der Waals surface area contributed by atoms with Gasteiger partial charge in [0.1, 0.15) is 0 Å². The van der Waals surface area contributed by atoms with Crippen LogP contribution in [0.15, 0.2) is 36.5 Å². The van der Waals surface area contributed by atoms with Gasteiger partial charge in [0.05, 0.1) is 11.7 Å². The summed E-state index contributed by atoms with van der Waals surface area (Å²) in [5, 5.41) is 4.63. The van der Waals surface area contributed by atoms with E-state index < -0.39 is 0 Å². The summed E-state index contributed by atoms with van der Waals surface area (Å²) in [6.45, 7) is 2.06. The molecule has 0 radical (unpaired) electrons. The lowest BCUT2D eigenvalue weighted by molar-refractivity contribution is 0.575. The zero-order valence-electron chi connectivity index (χ0n) is 11.0. The van der Waals surface area contributed by atoms with E-state index in [-0.39, 0.29) is 6.04 Å². The van der Waals surface area contributed by atoms with Crippen molar-refractivity contribution in [2.45, 2.75) is 19.4 Å². The van der Waals surface area contributed by atoms with E-state index in [1.165, 1.54) is 5.56 Å². The molecule has 100 valence electrons. The van der Waals surface area contributed by atoms with Gasteiger partial charge in [0.2, 0.25) is 0 Å². The van der Waals surface area contributed by atoms with Crippen molar-refractivity contribution < 1.29 is 0 Å². The van der Waals surface area contributed by atoms with Crippen molar-refractivity contribution in [1.82, 2.24) is 10.3 Å². The molecule has 0 bridgehead atoms. The highest BCUT2D eigenvalue weighted by Crippen LogP contribution is 2.25. The first-order chi connectivity index (χ1) is 9.10. The number of pyridine rings is 1. The van der Waals surface area contributed by atoms with Crippen molar-refractivity contribution in [1.29, 1.82) is 0 Å². The molecule has 0 fully saturated rings. The Balaban J connectivity index is 2.24. The Morgan fingerprint density at radius 3 is 2.63 bits per heavy atom. The van der Waals surface area contributed by atoms with Crippen LogP contribution >= 0.6 is 23.2 Å². The molecule has 0 aliphatic heterocycles. The van der Waals surface area contributed by atoms with Crippen molar-refractivity contribution in [3.8, 4) is 0 Å². The molecule has 1 N–H and O–H groups in total. The Bertz CT molecular complexity index is 570. The van der Waals surface area contributed by atoms with Gasteiger partial charge >= 0.3 is 0 Å². The van der Waals surface area contributed by atoms with Crippen molar-refractivity contribution in [2.75, 3.05) is 7.05 Å². The molecule has 0 aliphatic rings. The molecule has 1 aromatic carbocycles. The highest BCUT2D eigenvalue weighted by Gasteiger charge is 2.13. The SMILES string of the molecule is CNC(Cc1ccc(Cl)cc1Cl)c1cc(C)ccn1. The van der Waals surface area contributed by atoms with Crippen LogP contribution in [-0.4, -0.2) is 12.0 Å². The highest BCUT2D eigenvalue weighted by molar-refractivity contribution is 6.35. The van der Waals surface area contributed by atoms with Gasteiger partial charge < -0.3 is 5.32 Å². The van der Waals surface area contributed by atoms with E-state index >= 15 is 0 Å². The van der Waals surface area contributed by atoms with Crippen LogP contribution in [0.3, 0.4) is 0 Å². The fourth-order valence-electron chi connectivity index (χ4n) is 2.01. The van der Waals surface area contributed by atoms with Crippen LogP contribution in [0.1, 0.15) is 22.9 Å². The lowest BCUT2D eigenvalue weighted by atomic mass is 10.0. The molecule has 1 unspecified atom stereocenters. The first-order valence-corrected chi connectivity index (χ1v) is 6.89. The molecule has 2 aromatic rings. The van der Waals surface area contributed by atoms with Gasteiger partial charge in [-0.3, -0.25) is 4.98 Å². The second kappa shape index (κ2) is 6.38. The van der Waals surface area contributed by atoms with Gasteiger partial charge in [0.25, 0.3) is 0 Å². The number of aromatic nitrogens is 1. The molecular weight excluding hydrogens is 279 g/mol. The van der Waals surface area contributed by atoms with Gasteiger partial charge in [-0.05, 0) is 55.8 Å². The number of rotatable bonds is 4. The number of halogens is 2. The van der Waals surface area contributed by atoms with E-state index in [0.717, 1.165) is 17.7 Å². The summed E-state index contributed by atoms with van der Waals surface area (Å²) in [6.07, 6.45) is 2.61. The van der Waals surface area contributed by atoms with E-state index in [1.54, 1.807) is 6.07 Å². The van der Waals surface area contributed by atoms with E-state index in [2.05, 4.69) is 23.3 Å². The van der Waals surface area contributed by atoms with Gasteiger partial charge in [0.15, 0.2) is 0 Å². The zero-order chi connectivity index (χ0) is 13.8. The Labute approximate surface area is 123 Å². The lowest BCUT2D eigenvalue weighted by Crippen LogP contribution is -2.20. The van der Waals surface area contributed by atoms with E-state index in [1.807, 2.05) is 31.4 Å². The topological polar surface area (TPSA) is 24.9 Å². The number of hydrogen-bond donors (Lipinski definition) is 1. The molecule has 1 heterocycles. The average Bonchev–Trinajstić information content (AvgIpc) is 2.38. The molecule has 0 spiro atoms. The van der Waals surface area contributed by atoms with Crippen LogP contribution in [0.2, 0.25) is 10.0 Å². The second-order valence-corrected chi connectivity index (χ2v) is 5.38. The molecule has 2 nitrogen and oxygen atoms in total. The molecule has 1 atom stereocenters. The van der Waals surface area contributed by atoms with Crippen LogP contribution in [-0.2, 0) is 6.42 Å². The first kappa shape index (κ1) is 14.3. The Hall–Kier alpha value is -1.09. The van der Waals surface area contributed by atoms with Crippen LogP contribution in [0.5, 0.6) is 0 Å². The van der Waals surface area contributed by atoms with Crippen LogP contribution in [0.25, 0.3) is 0 Å². The van der Waals surface area contributed by atoms with Gasteiger partial charge in [-0.15, -0.1) is 0 Å². The fourth-order valence-corrected chi connectivity index (χ4v) is 2.50. The smallest absolute Gasteiger partial charge is 0.0579 e. The number of aryl methyl sites for hydroxylation is 1. The van der Waals surface area contributed by atoms with Crippen LogP contribution in [0.4, 0.5) is 0 Å². The molecule has 2 rings (SSSR count). The van der Waals surface area contributed by atoms with Gasteiger partial charge in [-0.25, -0.2) is 0 Å². The van der Waals surface area contributed by atoms with Crippen molar-refractivity contribution >= 4 is 23.2 Å². The van der Waals surface area contributed by atoms with E-state index in [4.69, 9.17) is 23.2 Å². The third-order valence-electron chi connectivity index (χ3n) is 3.08. The minimum Gasteiger partial charge on any atom is -0.311 e. The first-order valence-electron chi connectivity index (χ1n) is 6.14. The van der Waals surface area contributed by atoms with Gasteiger partial charge in [-0.1, -0.05) is 29.3 Å². The summed E-state index contributed by atoms with van der Waals surface area (Å²) >= 11 is 12.1. The Morgan fingerprint density at radius 2 is 2.00 bits per heavy atom. The molecular formula is C15H16Cl2N2. The quantitative estimate of drug-likeness (QED) is 0.914. The third kappa shape index (κ3) is 3.69. The number of nitrogens with one attached hydrogen (secondary N) is 1. The molecule has 19 heavy (non-hydrogen) atoms. The zero-order valence-corrected chi connectivity index (χ0v) is 12.5. The molecule has 4 heteroatoms. The van der Waals surface area contributed by atoms with Crippen LogP contribution in [0, 0.1) is 6.92 Å². The summed E-state index contributed by atoms with van der Waals surface area (Å²) in [5.74, 6) is 0. The molecule has 0 aliphatic carbocycles. The Morgan fingerprint density at radius 1 is 1.21 bits per heavy atom. The summed E-state index contributed by atoms with van der Waals surface area (Å²) in [7, 11) is 1.93. The lowest BCUT2D eigenvalue weighted by Gasteiger charge is -2.17. The summed E-state index contributed by atoms with van der Waals surface area (Å²) in [5.41, 5.74) is 3.29. The molecule has 0 amide bonds. The fraction of sp³-hybridized carbons (Fsp3) is 0.267. The third-order valence-corrected chi connectivity index (χ3v) is 3.67. The van der Waals surface area contributed by atoms with Crippen LogP contribution < -0.4 is 5.32 Å².